The molecule has 2 aromatic rings. The standard InChI is InChI=1S/C22H36N6.HI/c1-17(2)27(6)16-21-11-8-7-10-20(21)15-25-22(23-5)24-12-9-13-28-19(4)14-18(3)26-28;/h7-8,10-11,14,17H,9,12-13,15-16H2,1-6H3,(H2,23,24,25);1H. The molecule has 0 aliphatic carbocycles. The summed E-state index contributed by atoms with van der Waals surface area (Å²) in [6.07, 6.45) is 0.998. The number of aliphatic imine (C=N–C) groups is 1. The minimum absolute atomic E-state index is 0. The number of nitrogens with zero attached hydrogens (tertiary/aromatic N) is 4. The van der Waals surface area contributed by atoms with Crippen LogP contribution in [0.4, 0.5) is 0 Å². The predicted molar refractivity (Wildman–Crippen MR) is 133 cm³/mol. The second-order valence-electron chi connectivity index (χ2n) is 7.63. The van der Waals surface area contributed by atoms with Gasteiger partial charge in [0, 0.05) is 45.0 Å². The quantitative estimate of drug-likeness (QED) is 0.233. The van der Waals surface area contributed by atoms with Crippen LogP contribution in [0.2, 0.25) is 0 Å². The first-order valence-electron chi connectivity index (χ1n) is 10.1. The second kappa shape index (κ2) is 12.8. The molecular formula is C22H37IN6. The van der Waals surface area contributed by atoms with E-state index in [1.54, 1.807) is 0 Å². The smallest absolute Gasteiger partial charge is 0.191 e. The van der Waals surface area contributed by atoms with E-state index in [-0.39, 0.29) is 24.0 Å². The van der Waals surface area contributed by atoms with Crippen LogP contribution in [0.5, 0.6) is 0 Å². The summed E-state index contributed by atoms with van der Waals surface area (Å²) < 4.78 is 2.06. The van der Waals surface area contributed by atoms with Gasteiger partial charge in [0.05, 0.1) is 5.69 Å². The number of hydrogen-bond donors (Lipinski definition) is 2. The summed E-state index contributed by atoms with van der Waals surface area (Å²) in [5.41, 5.74) is 4.94. The summed E-state index contributed by atoms with van der Waals surface area (Å²) in [4.78, 5) is 6.70. The van der Waals surface area contributed by atoms with Gasteiger partial charge >= 0.3 is 0 Å². The van der Waals surface area contributed by atoms with Gasteiger partial charge in [-0.15, -0.1) is 24.0 Å². The lowest BCUT2D eigenvalue weighted by atomic mass is 10.1. The van der Waals surface area contributed by atoms with E-state index in [4.69, 9.17) is 0 Å². The van der Waals surface area contributed by atoms with E-state index in [0.717, 1.165) is 44.3 Å². The van der Waals surface area contributed by atoms with Crippen LogP contribution in [0.15, 0.2) is 35.3 Å². The lowest BCUT2D eigenvalue weighted by Gasteiger charge is -2.23. The number of guanidine groups is 1. The number of halogens is 1. The summed E-state index contributed by atoms with van der Waals surface area (Å²) in [5, 5.41) is 11.4. The minimum atomic E-state index is 0. The molecule has 1 aromatic heterocycles. The molecule has 1 heterocycles. The van der Waals surface area contributed by atoms with Gasteiger partial charge in [-0.05, 0) is 58.4 Å². The third kappa shape index (κ3) is 8.34. The van der Waals surface area contributed by atoms with Crippen molar-refractivity contribution in [1.29, 1.82) is 0 Å². The maximum absolute atomic E-state index is 4.51. The highest BCUT2D eigenvalue weighted by Crippen LogP contribution is 2.12. The van der Waals surface area contributed by atoms with Gasteiger partial charge in [0.15, 0.2) is 5.96 Å². The molecule has 0 unspecified atom stereocenters. The molecular weight excluding hydrogens is 475 g/mol. The van der Waals surface area contributed by atoms with Crippen LogP contribution in [-0.2, 0) is 19.6 Å². The number of benzene rings is 1. The third-order valence-corrected chi connectivity index (χ3v) is 5.03. The number of aryl methyl sites for hydroxylation is 3. The van der Waals surface area contributed by atoms with Crippen LogP contribution < -0.4 is 10.6 Å². The van der Waals surface area contributed by atoms with Crippen molar-refractivity contribution in [1.82, 2.24) is 25.3 Å². The molecule has 0 saturated heterocycles. The number of aromatic nitrogens is 2. The van der Waals surface area contributed by atoms with E-state index >= 15 is 0 Å². The van der Waals surface area contributed by atoms with Gasteiger partial charge in [-0.2, -0.15) is 5.10 Å². The van der Waals surface area contributed by atoms with Crippen molar-refractivity contribution >= 4 is 29.9 Å². The minimum Gasteiger partial charge on any atom is -0.356 e. The van der Waals surface area contributed by atoms with E-state index in [0.29, 0.717) is 6.04 Å². The van der Waals surface area contributed by atoms with E-state index < -0.39 is 0 Å². The molecule has 0 radical (unpaired) electrons. The molecule has 0 amide bonds. The Morgan fingerprint density at radius 1 is 1.17 bits per heavy atom. The largest absolute Gasteiger partial charge is 0.356 e. The number of rotatable bonds is 9. The molecule has 7 heteroatoms. The highest BCUT2D eigenvalue weighted by Gasteiger charge is 2.08. The van der Waals surface area contributed by atoms with Gasteiger partial charge in [-0.3, -0.25) is 14.6 Å². The van der Waals surface area contributed by atoms with Crippen molar-refractivity contribution in [3.05, 3.63) is 52.8 Å². The lowest BCUT2D eigenvalue weighted by Crippen LogP contribution is -2.38. The van der Waals surface area contributed by atoms with E-state index in [1.807, 2.05) is 14.0 Å². The first-order valence-corrected chi connectivity index (χ1v) is 10.1. The van der Waals surface area contributed by atoms with Gasteiger partial charge < -0.3 is 10.6 Å². The molecule has 2 N–H and O–H groups in total. The zero-order valence-electron chi connectivity index (χ0n) is 18.7. The van der Waals surface area contributed by atoms with Crippen molar-refractivity contribution in [2.75, 3.05) is 20.6 Å². The molecule has 162 valence electrons. The highest BCUT2D eigenvalue weighted by atomic mass is 127. The van der Waals surface area contributed by atoms with Gasteiger partial charge in [-0.25, -0.2) is 0 Å². The van der Waals surface area contributed by atoms with Crippen LogP contribution in [0.25, 0.3) is 0 Å². The molecule has 0 aliphatic heterocycles. The zero-order chi connectivity index (χ0) is 20.5. The van der Waals surface area contributed by atoms with Crippen molar-refractivity contribution in [2.24, 2.45) is 4.99 Å². The zero-order valence-corrected chi connectivity index (χ0v) is 21.0. The predicted octanol–water partition coefficient (Wildman–Crippen LogP) is 3.71. The van der Waals surface area contributed by atoms with Gasteiger partial charge in [0.25, 0.3) is 0 Å². The topological polar surface area (TPSA) is 57.5 Å². The molecule has 29 heavy (non-hydrogen) atoms. The molecule has 0 spiro atoms. The molecule has 0 atom stereocenters. The normalized spacial score (nSPS) is 11.7. The summed E-state index contributed by atoms with van der Waals surface area (Å²) in [6.45, 7) is 12.1. The Bertz CT molecular complexity index is 768. The lowest BCUT2D eigenvalue weighted by molar-refractivity contribution is 0.265. The Morgan fingerprint density at radius 3 is 2.45 bits per heavy atom. The first kappa shape index (κ1) is 25.4. The number of nitrogens with one attached hydrogen (secondary N) is 2. The molecule has 1 aromatic carbocycles. The van der Waals surface area contributed by atoms with Crippen LogP contribution in [0.3, 0.4) is 0 Å². The highest BCUT2D eigenvalue weighted by molar-refractivity contribution is 14.0. The SMILES string of the molecule is CN=C(NCCCn1nc(C)cc1C)NCc1ccccc1CN(C)C(C)C.I. The summed E-state index contributed by atoms with van der Waals surface area (Å²) in [5.74, 6) is 0.834. The summed E-state index contributed by atoms with van der Waals surface area (Å²) in [6, 6.07) is 11.2. The fraction of sp³-hybridized carbons (Fsp3) is 0.545. The molecule has 2 rings (SSSR count). The average Bonchev–Trinajstić information content (AvgIpc) is 2.99. The van der Waals surface area contributed by atoms with Crippen molar-refractivity contribution in [2.45, 2.75) is 59.8 Å². The van der Waals surface area contributed by atoms with Crippen molar-refractivity contribution < 1.29 is 0 Å². The van der Waals surface area contributed by atoms with Gasteiger partial charge in [0.1, 0.15) is 0 Å². The van der Waals surface area contributed by atoms with Gasteiger partial charge in [-0.1, -0.05) is 24.3 Å². The monoisotopic (exact) mass is 512 g/mol. The molecule has 0 bridgehead atoms. The van der Waals surface area contributed by atoms with Crippen molar-refractivity contribution in [3.63, 3.8) is 0 Å². The molecule has 0 aliphatic rings. The van der Waals surface area contributed by atoms with Crippen LogP contribution in [0.1, 0.15) is 42.8 Å². The van der Waals surface area contributed by atoms with E-state index in [9.17, 15) is 0 Å². The molecule has 6 nitrogen and oxygen atoms in total. The van der Waals surface area contributed by atoms with E-state index in [2.05, 4.69) is 88.5 Å². The Morgan fingerprint density at radius 2 is 1.86 bits per heavy atom. The van der Waals surface area contributed by atoms with E-state index in [1.165, 1.54) is 16.8 Å². The van der Waals surface area contributed by atoms with Crippen LogP contribution >= 0.6 is 24.0 Å². The Balaban J connectivity index is 0.00000420. The maximum Gasteiger partial charge on any atom is 0.191 e. The second-order valence-corrected chi connectivity index (χ2v) is 7.63. The average molecular weight is 512 g/mol. The summed E-state index contributed by atoms with van der Waals surface area (Å²) in [7, 11) is 3.98. The fourth-order valence-corrected chi connectivity index (χ4v) is 3.07. The maximum atomic E-state index is 4.51. The van der Waals surface area contributed by atoms with Gasteiger partial charge in [0.2, 0.25) is 0 Å². The Kier molecular flexibility index (Phi) is 11.3. The molecule has 0 saturated carbocycles. The first-order chi connectivity index (χ1) is 13.4. The molecule has 0 fully saturated rings. The fourth-order valence-electron chi connectivity index (χ4n) is 3.07. The number of hydrogen-bond acceptors (Lipinski definition) is 3. The Labute approximate surface area is 193 Å². The van der Waals surface area contributed by atoms with Crippen molar-refractivity contribution in [3.8, 4) is 0 Å². The Hall–Kier alpha value is -1.61. The summed E-state index contributed by atoms with van der Waals surface area (Å²) >= 11 is 0. The van der Waals surface area contributed by atoms with Crippen LogP contribution in [-0.4, -0.2) is 47.3 Å². The van der Waals surface area contributed by atoms with Crippen LogP contribution in [0, 0.1) is 13.8 Å². The third-order valence-electron chi connectivity index (χ3n) is 5.03.